The van der Waals surface area contributed by atoms with E-state index in [9.17, 15) is 4.79 Å². The van der Waals surface area contributed by atoms with Crippen LogP contribution in [0.4, 0.5) is 5.69 Å². The smallest absolute Gasteiger partial charge is 0.232 e. The van der Waals surface area contributed by atoms with Gasteiger partial charge in [-0.1, -0.05) is 37.3 Å². The Morgan fingerprint density at radius 2 is 1.83 bits per heavy atom. The largest absolute Gasteiger partial charge is 0.389 e. The van der Waals surface area contributed by atoms with Gasteiger partial charge in [0.05, 0.1) is 5.75 Å². The summed E-state index contributed by atoms with van der Waals surface area (Å²) in [7, 11) is 3.91. The number of anilines is 1. The molecule has 0 atom stereocenters. The third-order valence-electron chi connectivity index (χ3n) is 4.63. The van der Waals surface area contributed by atoms with Crippen molar-refractivity contribution in [2.75, 3.05) is 44.4 Å². The van der Waals surface area contributed by atoms with E-state index < -0.39 is 0 Å². The van der Waals surface area contributed by atoms with Gasteiger partial charge in [0, 0.05) is 45.1 Å². The third-order valence-corrected chi connectivity index (χ3v) is 4.90. The summed E-state index contributed by atoms with van der Waals surface area (Å²) < 4.78 is 0. The summed E-state index contributed by atoms with van der Waals surface area (Å²) in [6.07, 6.45) is 10.7. The van der Waals surface area contributed by atoms with Crippen molar-refractivity contribution in [3.8, 4) is 0 Å². The molecular formula is C24H37N3OS. The first-order valence-corrected chi connectivity index (χ1v) is 11.0. The van der Waals surface area contributed by atoms with E-state index in [1.165, 1.54) is 22.5 Å². The van der Waals surface area contributed by atoms with Crippen molar-refractivity contribution < 1.29 is 4.79 Å². The zero-order valence-electron chi connectivity index (χ0n) is 18.6. The molecule has 0 saturated heterocycles. The Hall–Kier alpha value is -2.14. The van der Waals surface area contributed by atoms with Gasteiger partial charge in [0.2, 0.25) is 5.91 Å². The second-order valence-corrected chi connectivity index (χ2v) is 7.46. The number of benzene rings is 1. The van der Waals surface area contributed by atoms with Gasteiger partial charge in [0.25, 0.3) is 0 Å². The maximum absolute atomic E-state index is 11.6. The highest BCUT2D eigenvalue weighted by molar-refractivity contribution is 7.81. The van der Waals surface area contributed by atoms with Crippen LogP contribution in [0.15, 0.2) is 53.8 Å². The first-order chi connectivity index (χ1) is 13.9. The molecule has 4 nitrogen and oxygen atoms in total. The maximum Gasteiger partial charge on any atom is 0.232 e. The number of carbonyl (C=O) groups excluding carboxylic acids is 1. The summed E-state index contributed by atoms with van der Waals surface area (Å²) in [6, 6.07) is 8.57. The molecule has 160 valence electrons. The van der Waals surface area contributed by atoms with E-state index in [-0.39, 0.29) is 11.7 Å². The van der Waals surface area contributed by atoms with Gasteiger partial charge in [-0.2, -0.15) is 12.6 Å². The minimum atomic E-state index is 0.0686. The molecule has 0 fully saturated rings. The first kappa shape index (κ1) is 24.9. The van der Waals surface area contributed by atoms with Crippen LogP contribution in [0.3, 0.4) is 0 Å². The average molecular weight is 416 g/mol. The fourth-order valence-electron chi connectivity index (χ4n) is 2.94. The van der Waals surface area contributed by atoms with E-state index in [0.717, 1.165) is 32.5 Å². The van der Waals surface area contributed by atoms with E-state index in [4.69, 9.17) is 0 Å². The second-order valence-electron chi connectivity index (χ2n) is 7.14. The Kier molecular flexibility index (Phi) is 12.0. The lowest BCUT2D eigenvalue weighted by Crippen LogP contribution is -2.31. The molecule has 1 amide bonds. The van der Waals surface area contributed by atoms with Crippen LogP contribution in [0.5, 0.6) is 0 Å². The molecule has 0 aliphatic rings. The van der Waals surface area contributed by atoms with Crippen LogP contribution in [0.25, 0.3) is 6.08 Å². The Bertz CT molecular complexity index is 707. The predicted octanol–water partition coefficient (Wildman–Crippen LogP) is 4.76. The van der Waals surface area contributed by atoms with Crippen LogP contribution >= 0.6 is 12.6 Å². The Balaban J connectivity index is 2.65. The van der Waals surface area contributed by atoms with Gasteiger partial charge >= 0.3 is 0 Å². The van der Waals surface area contributed by atoms with Gasteiger partial charge in [-0.15, -0.1) is 0 Å². The predicted molar refractivity (Wildman–Crippen MR) is 131 cm³/mol. The number of rotatable bonds is 12. The normalized spacial score (nSPS) is 12.3. The number of nitrogens with one attached hydrogen (secondary N) is 1. The molecule has 0 aliphatic carbocycles. The lowest BCUT2D eigenvalue weighted by Gasteiger charge is -2.22. The lowest BCUT2D eigenvalue weighted by molar-refractivity contribution is -0.127. The summed E-state index contributed by atoms with van der Waals surface area (Å²) in [5.74, 6) is 0.333. The van der Waals surface area contributed by atoms with Crippen LogP contribution in [0, 0.1) is 0 Å². The SMILES string of the molecule is CC/C=C(\C=C(\C)NCC)/C=C/c1ccc(N(C)CCCN(C)C(=O)CS)cc1. The summed E-state index contributed by atoms with van der Waals surface area (Å²) in [4.78, 5) is 15.5. The summed E-state index contributed by atoms with van der Waals surface area (Å²) in [5.41, 5.74) is 4.75. The van der Waals surface area contributed by atoms with Crippen molar-refractivity contribution in [3.05, 3.63) is 59.3 Å². The maximum atomic E-state index is 11.6. The van der Waals surface area contributed by atoms with E-state index in [1.807, 2.05) is 7.05 Å². The van der Waals surface area contributed by atoms with Crippen molar-refractivity contribution in [3.63, 3.8) is 0 Å². The molecule has 0 radical (unpaired) electrons. The molecule has 0 spiro atoms. The standard InChI is InChI=1S/C24H37N3OS/c1-6-9-22(18-20(3)25-7-2)11-10-21-12-14-23(15-13-21)26(4)16-8-17-27(5)24(28)19-29/h9-15,18,25,29H,6-8,16-17,19H2,1-5H3/b11-10+,20-18-,22-9-. The summed E-state index contributed by atoms with van der Waals surface area (Å²) >= 11 is 4.03. The number of nitrogens with zero attached hydrogens (tertiary/aromatic N) is 2. The summed E-state index contributed by atoms with van der Waals surface area (Å²) in [5, 5.41) is 3.34. The molecule has 0 unspecified atom stereocenters. The topological polar surface area (TPSA) is 35.6 Å². The number of amides is 1. The molecule has 0 saturated carbocycles. The van der Waals surface area contributed by atoms with E-state index >= 15 is 0 Å². The molecule has 0 bridgehead atoms. The number of hydrogen-bond donors (Lipinski definition) is 2. The highest BCUT2D eigenvalue weighted by atomic mass is 32.1. The molecule has 29 heavy (non-hydrogen) atoms. The van der Waals surface area contributed by atoms with Gasteiger partial charge in [-0.05, 0) is 56.0 Å². The van der Waals surface area contributed by atoms with Crippen LogP contribution in [0.2, 0.25) is 0 Å². The molecule has 0 aromatic heterocycles. The number of hydrogen-bond acceptors (Lipinski definition) is 4. The molecular weight excluding hydrogens is 378 g/mol. The Morgan fingerprint density at radius 3 is 2.41 bits per heavy atom. The van der Waals surface area contributed by atoms with Gasteiger partial charge in [-0.3, -0.25) is 4.79 Å². The summed E-state index contributed by atoms with van der Waals surface area (Å²) in [6.45, 7) is 8.93. The van der Waals surface area contributed by atoms with Crippen LogP contribution in [-0.2, 0) is 4.79 Å². The van der Waals surface area contributed by atoms with Crippen molar-refractivity contribution in [2.45, 2.75) is 33.6 Å². The van der Waals surface area contributed by atoms with Crippen molar-refractivity contribution in [1.82, 2.24) is 10.2 Å². The Morgan fingerprint density at radius 1 is 1.14 bits per heavy atom. The molecule has 1 N–H and O–H groups in total. The average Bonchev–Trinajstić information content (AvgIpc) is 2.71. The molecule has 5 heteroatoms. The fourth-order valence-corrected chi connectivity index (χ4v) is 3.18. The van der Waals surface area contributed by atoms with E-state index in [2.05, 4.69) is 99.2 Å². The van der Waals surface area contributed by atoms with Crippen molar-refractivity contribution in [1.29, 1.82) is 0 Å². The van der Waals surface area contributed by atoms with E-state index in [1.54, 1.807) is 4.90 Å². The van der Waals surface area contributed by atoms with Gasteiger partial charge in [-0.25, -0.2) is 0 Å². The van der Waals surface area contributed by atoms with Gasteiger partial charge < -0.3 is 15.1 Å². The quantitative estimate of drug-likeness (QED) is 0.381. The molecule has 1 rings (SSSR count). The minimum absolute atomic E-state index is 0.0686. The number of allylic oxidation sites excluding steroid dienone is 5. The van der Waals surface area contributed by atoms with Crippen LogP contribution in [-0.4, -0.2) is 50.3 Å². The van der Waals surface area contributed by atoms with E-state index in [0.29, 0.717) is 0 Å². The lowest BCUT2D eigenvalue weighted by atomic mass is 10.1. The zero-order valence-corrected chi connectivity index (χ0v) is 19.5. The van der Waals surface area contributed by atoms with Crippen molar-refractivity contribution >= 4 is 30.3 Å². The fraction of sp³-hybridized carbons (Fsp3) is 0.458. The molecule has 1 aromatic rings. The molecule has 1 aromatic carbocycles. The zero-order chi connectivity index (χ0) is 21.6. The van der Waals surface area contributed by atoms with Crippen LogP contribution < -0.4 is 10.2 Å². The third kappa shape index (κ3) is 9.75. The monoisotopic (exact) mass is 415 g/mol. The highest BCUT2D eigenvalue weighted by Gasteiger charge is 2.06. The van der Waals surface area contributed by atoms with Crippen molar-refractivity contribution in [2.24, 2.45) is 0 Å². The molecule has 0 aliphatic heterocycles. The van der Waals surface area contributed by atoms with Gasteiger partial charge in [0.1, 0.15) is 0 Å². The number of carbonyl (C=O) groups is 1. The van der Waals surface area contributed by atoms with Crippen LogP contribution in [0.1, 0.15) is 39.2 Å². The molecule has 0 heterocycles. The minimum Gasteiger partial charge on any atom is -0.389 e. The second kappa shape index (κ2) is 13.9. The Labute approximate surface area is 182 Å². The highest BCUT2D eigenvalue weighted by Crippen LogP contribution is 2.16. The first-order valence-electron chi connectivity index (χ1n) is 10.4. The van der Waals surface area contributed by atoms with Gasteiger partial charge in [0.15, 0.2) is 0 Å². The number of thiol groups is 1.